The van der Waals surface area contributed by atoms with E-state index in [4.69, 9.17) is 4.74 Å². The number of aliphatic hydroxyl groups is 1. The molecule has 1 aliphatic carbocycles. The summed E-state index contributed by atoms with van der Waals surface area (Å²) in [6.45, 7) is 6.53. The maximum absolute atomic E-state index is 9.97. The zero-order chi connectivity index (χ0) is 13.7. The van der Waals surface area contributed by atoms with Gasteiger partial charge in [0.25, 0.3) is 0 Å². The van der Waals surface area contributed by atoms with Gasteiger partial charge in [0.05, 0.1) is 12.2 Å². The number of benzene rings is 1. The molecule has 1 aliphatic rings. The van der Waals surface area contributed by atoms with Crippen molar-refractivity contribution in [2.45, 2.75) is 45.3 Å². The second-order valence-electron chi connectivity index (χ2n) is 6.03. The van der Waals surface area contributed by atoms with E-state index in [2.05, 4.69) is 31.3 Å². The molecule has 19 heavy (non-hydrogen) atoms. The van der Waals surface area contributed by atoms with Crippen molar-refractivity contribution in [3.8, 4) is 5.75 Å². The van der Waals surface area contributed by atoms with E-state index >= 15 is 0 Å². The maximum Gasteiger partial charge on any atom is 0.119 e. The third kappa shape index (κ3) is 4.51. The molecule has 1 fully saturated rings. The lowest BCUT2D eigenvalue weighted by atomic mass is 9.80. The molecule has 3 nitrogen and oxygen atoms in total. The van der Waals surface area contributed by atoms with Crippen LogP contribution in [0.2, 0.25) is 0 Å². The van der Waals surface area contributed by atoms with Crippen molar-refractivity contribution in [2.75, 3.05) is 13.2 Å². The molecule has 3 heteroatoms. The molecule has 0 aliphatic heterocycles. The largest absolute Gasteiger partial charge is 0.493 e. The SMILES string of the molecule is CC(C)COc1ccc(CNCC2(O)CCC2)cc1. The van der Waals surface area contributed by atoms with Crippen LogP contribution in [0.3, 0.4) is 0 Å². The number of hydrogen-bond donors (Lipinski definition) is 2. The Bertz CT molecular complexity index is 382. The Balaban J connectivity index is 1.72. The van der Waals surface area contributed by atoms with Gasteiger partial charge in [-0.05, 0) is 42.9 Å². The van der Waals surface area contributed by atoms with Crippen LogP contribution in [-0.4, -0.2) is 23.9 Å². The lowest BCUT2D eigenvalue weighted by Gasteiger charge is -2.36. The van der Waals surface area contributed by atoms with Gasteiger partial charge in [-0.1, -0.05) is 26.0 Å². The van der Waals surface area contributed by atoms with Gasteiger partial charge < -0.3 is 15.2 Å². The number of ether oxygens (including phenoxy) is 1. The first-order valence-corrected chi connectivity index (χ1v) is 7.22. The number of nitrogens with one attached hydrogen (secondary N) is 1. The van der Waals surface area contributed by atoms with Crippen LogP contribution < -0.4 is 10.1 Å². The van der Waals surface area contributed by atoms with Crippen molar-refractivity contribution < 1.29 is 9.84 Å². The molecule has 106 valence electrons. The summed E-state index contributed by atoms with van der Waals surface area (Å²) in [4.78, 5) is 0. The van der Waals surface area contributed by atoms with Crippen LogP contribution in [0.1, 0.15) is 38.7 Å². The summed E-state index contributed by atoms with van der Waals surface area (Å²) in [5, 5.41) is 13.3. The average Bonchev–Trinajstić information content (AvgIpc) is 2.36. The lowest BCUT2D eigenvalue weighted by Crippen LogP contribution is -2.45. The van der Waals surface area contributed by atoms with Gasteiger partial charge in [-0.2, -0.15) is 0 Å². The molecule has 0 radical (unpaired) electrons. The zero-order valence-corrected chi connectivity index (χ0v) is 12.0. The Morgan fingerprint density at radius 2 is 1.95 bits per heavy atom. The average molecular weight is 263 g/mol. The third-order valence-corrected chi connectivity index (χ3v) is 3.57. The minimum Gasteiger partial charge on any atom is -0.493 e. The summed E-state index contributed by atoms with van der Waals surface area (Å²) >= 11 is 0. The Morgan fingerprint density at radius 3 is 2.47 bits per heavy atom. The summed E-state index contributed by atoms with van der Waals surface area (Å²) in [6, 6.07) is 8.18. The smallest absolute Gasteiger partial charge is 0.119 e. The van der Waals surface area contributed by atoms with E-state index in [1.165, 1.54) is 5.56 Å². The summed E-state index contributed by atoms with van der Waals surface area (Å²) < 4.78 is 5.65. The third-order valence-electron chi connectivity index (χ3n) is 3.57. The van der Waals surface area contributed by atoms with Crippen LogP contribution in [0.25, 0.3) is 0 Å². The Labute approximate surface area is 116 Å². The lowest BCUT2D eigenvalue weighted by molar-refractivity contribution is -0.0314. The summed E-state index contributed by atoms with van der Waals surface area (Å²) in [5.74, 6) is 1.47. The van der Waals surface area contributed by atoms with Gasteiger partial charge >= 0.3 is 0 Å². The van der Waals surface area contributed by atoms with Crippen molar-refractivity contribution in [3.05, 3.63) is 29.8 Å². The van der Waals surface area contributed by atoms with Crippen molar-refractivity contribution >= 4 is 0 Å². The van der Waals surface area contributed by atoms with Crippen LogP contribution in [-0.2, 0) is 6.54 Å². The van der Waals surface area contributed by atoms with Crippen LogP contribution in [0.5, 0.6) is 5.75 Å². The monoisotopic (exact) mass is 263 g/mol. The molecule has 0 atom stereocenters. The van der Waals surface area contributed by atoms with Crippen LogP contribution in [0.15, 0.2) is 24.3 Å². The molecule has 0 aromatic heterocycles. The molecule has 1 saturated carbocycles. The molecule has 0 spiro atoms. The van der Waals surface area contributed by atoms with Crippen molar-refractivity contribution in [1.82, 2.24) is 5.32 Å². The Morgan fingerprint density at radius 1 is 1.26 bits per heavy atom. The molecular formula is C16H25NO2. The minimum atomic E-state index is -0.444. The molecule has 1 aromatic rings. The van der Waals surface area contributed by atoms with Crippen LogP contribution in [0.4, 0.5) is 0 Å². The van der Waals surface area contributed by atoms with E-state index in [0.29, 0.717) is 12.5 Å². The van der Waals surface area contributed by atoms with Crippen LogP contribution in [0, 0.1) is 5.92 Å². The predicted molar refractivity (Wildman–Crippen MR) is 77.3 cm³/mol. The quantitative estimate of drug-likeness (QED) is 0.795. The molecule has 0 amide bonds. The van der Waals surface area contributed by atoms with Gasteiger partial charge in [0.2, 0.25) is 0 Å². The highest BCUT2D eigenvalue weighted by atomic mass is 16.5. The first-order chi connectivity index (χ1) is 9.07. The van der Waals surface area contributed by atoms with Crippen LogP contribution >= 0.6 is 0 Å². The van der Waals surface area contributed by atoms with Crippen molar-refractivity contribution in [1.29, 1.82) is 0 Å². The van der Waals surface area contributed by atoms with E-state index < -0.39 is 5.60 Å². The zero-order valence-electron chi connectivity index (χ0n) is 12.0. The summed E-state index contributed by atoms with van der Waals surface area (Å²) in [7, 11) is 0. The molecular weight excluding hydrogens is 238 g/mol. The second-order valence-corrected chi connectivity index (χ2v) is 6.03. The molecule has 0 unspecified atom stereocenters. The van der Waals surface area contributed by atoms with Gasteiger partial charge in [0, 0.05) is 13.1 Å². The number of hydrogen-bond acceptors (Lipinski definition) is 3. The maximum atomic E-state index is 9.97. The van der Waals surface area contributed by atoms with E-state index in [0.717, 1.165) is 38.2 Å². The normalized spacial score (nSPS) is 17.3. The van der Waals surface area contributed by atoms with E-state index in [-0.39, 0.29) is 0 Å². The molecule has 0 bridgehead atoms. The molecule has 0 heterocycles. The fourth-order valence-corrected chi connectivity index (χ4v) is 2.17. The highest BCUT2D eigenvalue weighted by Gasteiger charge is 2.33. The first kappa shape index (κ1) is 14.4. The van der Waals surface area contributed by atoms with Gasteiger partial charge in [-0.3, -0.25) is 0 Å². The van der Waals surface area contributed by atoms with Crippen molar-refractivity contribution in [2.24, 2.45) is 5.92 Å². The molecule has 1 aromatic carbocycles. The molecule has 2 N–H and O–H groups in total. The van der Waals surface area contributed by atoms with E-state index in [1.54, 1.807) is 0 Å². The van der Waals surface area contributed by atoms with Gasteiger partial charge in [0.15, 0.2) is 0 Å². The Hall–Kier alpha value is -1.06. The highest BCUT2D eigenvalue weighted by Crippen LogP contribution is 2.30. The second kappa shape index (κ2) is 6.40. The first-order valence-electron chi connectivity index (χ1n) is 7.22. The van der Waals surface area contributed by atoms with Crippen molar-refractivity contribution in [3.63, 3.8) is 0 Å². The fourth-order valence-electron chi connectivity index (χ4n) is 2.17. The predicted octanol–water partition coefficient (Wildman–Crippen LogP) is 2.73. The topological polar surface area (TPSA) is 41.5 Å². The fraction of sp³-hybridized carbons (Fsp3) is 0.625. The van der Waals surface area contributed by atoms with E-state index in [1.807, 2.05) is 12.1 Å². The Kier molecular flexibility index (Phi) is 4.83. The molecule has 2 rings (SSSR count). The van der Waals surface area contributed by atoms with Gasteiger partial charge in [-0.25, -0.2) is 0 Å². The summed E-state index contributed by atoms with van der Waals surface area (Å²) in [6.07, 6.45) is 3.02. The highest BCUT2D eigenvalue weighted by molar-refractivity contribution is 5.27. The van der Waals surface area contributed by atoms with Gasteiger partial charge in [0.1, 0.15) is 5.75 Å². The van der Waals surface area contributed by atoms with E-state index in [9.17, 15) is 5.11 Å². The number of rotatable bonds is 7. The van der Waals surface area contributed by atoms with Gasteiger partial charge in [-0.15, -0.1) is 0 Å². The summed E-state index contributed by atoms with van der Waals surface area (Å²) in [5.41, 5.74) is 0.778. The minimum absolute atomic E-state index is 0.444. The standard InChI is InChI=1S/C16H25NO2/c1-13(2)11-19-15-6-4-14(5-7-15)10-17-12-16(18)8-3-9-16/h4-7,13,17-18H,3,8-12H2,1-2H3. The molecule has 0 saturated heterocycles.